The van der Waals surface area contributed by atoms with E-state index >= 15 is 0 Å². The summed E-state index contributed by atoms with van der Waals surface area (Å²) in [5, 5.41) is 2.09. The van der Waals surface area contributed by atoms with Crippen LogP contribution in [0.1, 0.15) is 12.1 Å². The van der Waals surface area contributed by atoms with E-state index in [2.05, 4.69) is 20.9 Å². The molecular weight excluding hydrogens is 264 g/mol. The number of aromatic nitrogens is 2. The standard InChI is InChI=1S/C12H18N4S2/c13-3-2-10-11(14-12-16(10)6-9-18-12)15-4-1-7-17-8-5-15/h6,9H,1-5,7-8,13H2. The van der Waals surface area contributed by atoms with E-state index in [1.165, 1.54) is 23.6 Å². The van der Waals surface area contributed by atoms with Gasteiger partial charge < -0.3 is 10.6 Å². The molecule has 1 aliphatic heterocycles. The van der Waals surface area contributed by atoms with Crippen molar-refractivity contribution >= 4 is 33.9 Å². The molecule has 0 unspecified atom stereocenters. The van der Waals surface area contributed by atoms with Gasteiger partial charge in [0.2, 0.25) is 0 Å². The summed E-state index contributed by atoms with van der Waals surface area (Å²) >= 11 is 3.74. The van der Waals surface area contributed by atoms with Gasteiger partial charge in [0.15, 0.2) is 10.8 Å². The first-order chi connectivity index (χ1) is 8.90. The first-order valence-electron chi connectivity index (χ1n) is 6.37. The molecule has 0 radical (unpaired) electrons. The highest BCUT2D eigenvalue weighted by atomic mass is 32.2. The van der Waals surface area contributed by atoms with Crippen LogP contribution in [0, 0.1) is 0 Å². The van der Waals surface area contributed by atoms with Gasteiger partial charge in [-0.3, -0.25) is 4.40 Å². The molecule has 1 aliphatic rings. The van der Waals surface area contributed by atoms with Crippen molar-refractivity contribution in [2.75, 3.05) is 36.0 Å². The Morgan fingerprint density at radius 3 is 3.17 bits per heavy atom. The number of anilines is 1. The largest absolute Gasteiger partial charge is 0.354 e. The molecule has 3 rings (SSSR count). The first kappa shape index (κ1) is 12.3. The Kier molecular flexibility index (Phi) is 3.77. The van der Waals surface area contributed by atoms with E-state index in [-0.39, 0.29) is 0 Å². The lowest BCUT2D eigenvalue weighted by atomic mass is 10.3. The van der Waals surface area contributed by atoms with Crippen LogP contribution in [0.4, 0.5) is 5.82 Å². The van der Waals surface area contributed by atoms with Crippen molar-refractivity contribution in [1.29, 1.82) is 0 Å². The number of thiazole rings is 1. The second-order valence-corrected chi connectivity index (χ2v) is 6.53. The Morgan fingerprint density at radius 2 is 2.28 bits per heavy atom. The van der Waals surface area contributed by atoms with Crippen LogP contribution < -0.4 is 10.6 Å². The van der Waals surface area contributed by atoms with Crippen LogP contribution >= 0.6 is 23.1 Å². The average Bonchev–Trinajstić information content (AvgIpc) is 2.83. The summed E-state index contributed by atoms with van der Waals surface area (Å²) in [6.45, 7) is 2.90. The van der Waals surface area contributed by atoms with Gasteiger partial charge in [0.25, 0.3) is 0 Å². The highest BCUT2D eigenvalue weighted by Gasteiger charge is 2.19. The molecule has 18 heavy (non-hydrogen) atoms. The molecule has 1 fully saturated rings. The number of imidazole rings is 1. The van der Waals surface area contributed by atoms with Gasteiger partial charge in [-0.2, -0.15) is 11.8 Å². The van der Waals surface area contributed by atoms with E-state index in [0.29, 0.717) is 6.54 Å². The van der Waals surface area contributed by atoms with Gasteiger partial charge in [0.05, 0.1) is 5.69 Å². The van der Waals surface area contributed by atoms with E-state index in [1.54, 1.807) is 11.3 Å². The van der Waals surface area contributed by atoms with Crippen LogP contribution in [0.2, 0.25) is 0 Å². The lowest BCUT2D eigenvalue weighted by molar-refractivity contribution is 0.790. The Morgan fingerprint density at radius 1 is 1.33 bits per heavy atom. The van der Waals surface area contributed by atoms with Gasteiger partial charge in [0, 0.05) is 36.8 Å². The van der Waals surface area contributed by atoms with Crippen molar-refractivity contribution in [2.24, 2.45) is 5.73 Å². The van der Waals surface area contributed by atoms with Crippen LogP contribution in [0.3, 0.4) is 0 Å². The monoisotopic (exact) mass is 282 g/mol. The summed E-state index contributed by atoms with van der Waals surface area (Å²) in [5.74, 6) is 3.63. The Bertz CT molecular complexity index is 511. The fraction of sp³-hybridized carbons (Fsp3) is 0.583. The quantitative estimate of drug-likeness (QED) is 0.933. The van der Waals surface area contributed by atoms with Crippen molar-refractivity contribution < 1.29 is 0 Å². The van der Waals surface area contributed by atoms with Crippen molar-refractivity contribution in [2.45, 2.75) is 12.8 Å². The van der Waals surface area contributed by atoms with E-state index in [4.69, 9.17) is 10.7 Å². The summed E-state index contributed by atoms with van der Waals surface area (Å²) in [6.07, 6.45) is 4.25. The Balaban J connectivity index is 1.97. The maximum Gasteiger partial charge on any atom is 0.195 e. The van der Waals surface area contributed by atoms with Crippen LogP contribution in [0.15, 0.2) is 11.6 Å². The molecule has 4 nitrogen and oxygen atoms in total. The minimum atomic E-state index is 0.680. The Labute approximate surface area is 115 Å². The highest BCUT2D eigenvalue weighted by Crippen LogP contribution is 2.26. The summed E-state index contributed by atoms with van der Waals surface area (Å²) in [7, 11) is 0. The Hall–Kier alpha value is -0.720. The van der Waals surface area contributed by atoms with Crippen molar-refractivity contribution in [3.63, 3.8) is 0 Å². The summed E-state index contributed by atoms with van der Waals surface area (Å²) in [5.41, 5.74) is 7.03. The molecule has 6 heteroatoms. The predicted octanol–water partition coefficient (Wildman–Crippen LogP) is 1.84. The SMILES string of the molecule is NCCc1c(N2CCCSCC2)nc2sccn12. The van der Waals surface area contributed by atoms with Gasteiger partial charge in [-0.05, 0) is 18.7 Å². The molecule has 98 valence electrons. The molecule has 0 aromatic carbocycles. The third-order valence-corrected chi connectivity index (χ3v) is 5.05. The number of rotatable bonds is 3. The average molecular weight is 282 g/mol. The summed E-state index contributed by atoms with van der Waals surface area (Å²) < 4.78 is 2.20. The van der Waals surface area contributed by atoms with Crippen molar-refractivity contribution in [3.8, 4) is 0 Å². The van der Waals surface area contributed by atoms with E-state index in [1.807, 2.05) is 11.8 Å². The molecule has 2 aromatic rings. The molecule has 0 spiro atoms. The van der Waals surface area contributed by atoms with Crippen molar-refractivity contribution in [3.05, 3.63) is 17.3 Å². The second kappa shape index (κ2) is 5.50. The van der Waals surface area contributed by atoms with Crippen molar-refractivity contribution in [1.82, 2.24) is 9.38 Å². The maximum absolute atomic E-state index is 5.75. The van der Waals surface area contributed by atoms with E-state index < -0.39 is 0 Å². The number of nitrogens with zero attached hydrogens (tertiary/aromatic N) is 3. The number of hydrogen-bond donors (Lipinski definition) is 1. The minimum Gasteiger partial charge on any atom is -0.354 e. The molecule has 1 saturated heterocycles. The zero-order valence-corrected chi connectivity index (χ0v) is 12.0. The lowest BCUT2D eigenvalue weighted by Gasteiger charge is -2.21. The minimum absolute atomic E-state index is 0.680. The van der Waals surface area contributed by atoms with Gasteiger partial charge in [-0.1, -0.05) is 0 Å². The molecule has 0 aliphatic carbocycles. The zero-order chi connectivity index (χ0) is 12.4. The zero-order valence-electron chi connectivity index (χ0n) is 10.3. The van der Waals surface area contributed by atoms with Crippen LogP contribution in [-0.2, 0) is 6.42 Å². The fourth-order valence-electron chi connectivity index (χ4n) is 2.40. The smallest absolute Gasteiger partial charge is 0.195 e. The van der Waals surface area contributed by atoms with Gasteiger partial charge >= 0.3 is 0 Å². The predicted molar refractivity (Wildman–Crippen MR) is 80.0 cm³/mol. The van der Waals surface area contributed by atoms with E-state index in [9.17, 15) is 0 Å². The highest BCUT2D eigenvalue weighted by molar-refractivity contribution is 7.99. The fourth-order valence-corrected chi connectivity index (χ4v) is 4.02. The maximum atomic E-state index is 5.75. The number of nitrogens with two attached hydrogens (primary N) is 1. The molecule has 3 heterocycles. The topological polar surface area (TPSA) is 46.6 Å². The molecule has 2 N–H and O–H groups in total. The van der Waals surface area contributed by atoms with E-state index in [0.717, 1.165) is 30.3 Å². The molecule has 0 bridgehead atoms. The van der Waals surface area contributed by atoms with Gasteiger partial charge in [-0.25, -0.2) is 4.98 Å². The molecule has 0 saturated carbocycles. The first-order valence-corrected chi connectivity index (χ1v) is 8.41. The molecule has 0 amide bonds. The molecule has 2 aromatic heterocycles. The number of fused-ring (bicyclic) bond motifs is 1. The molecule has 0 atom stereocenters. The number of thioether (sulfide) groups is 1. The molecular formula is C12H18N4S2. The second-order valence-electron chi connectivity index (χ2n) is 4.43. The lowest BCUT2D eigenvalue weighted by Crippen LogP contribution is -2.27. The normalized spacial score (nSPS) is 17.3. The third-order valence-electron chi connectivity index (χ3n) is 3.24. The van der Waals surface area contributed by atoms with Crippen LogP contribution in [0.5, 0.6) is 0 Å². The van der Waals surface area contributed by atoms with Gasteiger partial charge in [0.1, 0.15) is 0 Å². The third kappa shape index (κ3) is 2.24. The summed E-state index contributed by atoms with van der Waals surface area (Å²) in [4.78, 5) is 8.32. The summed E-state index contributed by atoms with van der Waals surface area (Å²) in [6, 6.07) is 0. The van der Waals surface area contributed by atoms with Crippen LogP contribution in [0.25, 0.3) is 4.96 Å². The van der Waals surface area contributed by atoms with Crippen LogP contribution in [-0.4, -0.2) is 40.5 Å². The number of hydrogen-bond acceptors (Lipinski definition) is 5. The van der Waals surface area contributed by atoms with Gasteiger partial charge in [-0.15, -0.1) is 11.3 Å².